The van der Waals surface area contributed by atoms with Crippen molar-refractivity contribution in [2.45, 2.75) is 12.8 Å². The van der Waals surface area contributed by atoms with Crippen molar-refractivity contribution in [3.63, 3.8) is 0 Å². The van der Waals surface area contributed by atoms with Gasteiger partial charge in [-0.05, 0) is 12.5 Å². The van der Waals surface area contributed by atoms with Gasteiger partial charge in [0.15, 0.2) is 5.78 Å². The molecule has 0 saturated heterocycles. The molecule has 80 valence electrons. The van der Waals surface area contributed by atoms with Crippen LogP contribution in [0.3, 0.4) is 0 Å². The molecule has 1 atom stereocenters. The molecule has 0 aliphatic carbocycles. The van der Waals surface area contributed by atoms with Crippen molar-refractivity contribution in [3.05, 3.63) is 35.4 Å². The summed E-state index contributed by atoms with van der Waals surface area (Å²) in [4.78, 5) is 22.2. The molecule has 0 amide bonds. The topological polar surface area (TPSA) is 54.4 Å². The lowest BCUT2D eigenvalue weighted by Crippen LogP contribution is -2.20. The van der Waals surface area contributed by atoms with E-state index in [0.717, 1.165) is 5.56 Å². The van der Waals surface area contributed by atoms with E-state index in [-0.39, 0.29) is 5.78 Å². The molecule has 0 aromatic heterocycles. The number of alkyl halides is 1. The molecule has 15 heavy (non-hydrogen) atoms. The summed E-state index contributed by atoms with van der Waals surface area (Å²) in [7, 11) is 0. The number of Topliss-reactive ketones (excluding diaryl/α,β-unsaturated/α-hetero) is 1. The summed E-state index contributed by atoms with van der Waals surface area (Å²) in [5, 5.41) is 8.67. The van der Waals surface area contributed by atoms with Gasteiger partial charge in [0, 0.05) is 11.4 Å². The SMILES string of the molecule is CC(C(=O)O)C(=O)c1ccc(CCl)cc1. The van der Waals surface area contributed by atoms with Gasteiger partial charge in [-0.15, -0.1) is 11.6 Å². The maximum absolute atomic E-state index is 11.6. The summed E-state index contributed by atoms with van der Waals surface area (Å²) in [5.74, 6) is -2.12. The highest BCUT2D eigenvalue weighted by Crippen LogP contribution is 2.11. The number of carboxylic acids is 1. The van der Waals surface area contributed by atoms with Crippen LogP contribution in [0.5, 0.6) is 0 Å². The molecular formula is C11H11ClO3. The zero-order valence-corrected chi connectivity index (χ0v) is 8.99. The molecule has 0 bridgehead atoms. The first-order valence-corrected chi connectivity index (χ1v) is 5.01. The van der Waals surface area contributed by atoms with Crippen LogP contribution in [0.25, 0.3) is 0 Å². The number of hydrogen-bond acceptors (Lipinski definition) is 2. The summed E-state index contributed by atoms with van der Waals surface area (Å²) in [6.45, 7) is 1.38. The number of halogens is 1. The molecule has 0 aliphatic heterocycles. The lowest BCUT2D eigenvalue weighted by Gasteiger charge is -2.05. The smallest absolute Gasteiger partial charge is 0.314 e. The van der Waals surface area contributed by atoms with Crippen molar-refractivity contribution < 1.29 is 14.7 Å². The minimum absolute atomic E-state index is 0.378. The predicted octanol–water partition coefficient (Wildman–Crippen LogP) is 2.33. The molecule has 1 aromatic rings. The third-order valence-corrected chi connectivity index (χ3v) is 2.47. The molecule has 4 heteroatoms. The predicted molar refractivity (Wildman–Crippen MR) is 57.1 cm³/mol. The molecule has 1 unspecified atom stereocenters. The first-order chi connectivity index (χ1) is 7.06. The number of rotatable bonds is 4. The van der Waals surface area contributed by atoms with Gasteiger partial charge in [-0.2, -0.15) is 0 Å². The first kappa shape index (κ1) is 11.7. The Balaban J connectivity index is 2.87. The second kappa shape index (κ2) is 4.94. The fourth-order valence-corrected chi connectivity index (χ4v) is 1.30. The van der Waals surface area contributed by atoms with Crippen LogP contribution < -0.4 is 0 Å². The average Bonchev–Trinajstić information content (AvgIpc) is 2.27. The summed E-state index contributed by atoms with van der Waals surface area (Å²) in [6, 6.07) is 6.63. The molecule has 0 radical (unpaired) electrons. The Morgan fingerprint density at radius 3 is 2.27 bits per heavy atom. The highest BCUT2D eigenvalue weighted by atomic mass is 35.5. The molecule has 3 nitrogen and oxygen atoms in total. The highest BCUT2D eigenvalue weighted by molar-refractivity contribution is 6.17. The summed E-state index contributed by atoms with van der Waals surface area (Å²) < 4.78 is 0. The largest absolute Gasteiger partial charge is 0.481 e. The van der Waals surface area contributed by atoms with E-state index in [1.165, 1.54) is 6.92 Å². The third kappa shape index (κ3) is 2.80. The van der Waals surface area contributed by atoms with Crippen LogP contribution in [0, 0.1) is 5.92 Å². The normalized spacial score (nSPS) is 12.1. The van der Waals surface area contributed by atoms with Crippen molar-refractivity contribution >= 4 is 23.4 Å². The van der Waals surface area contributed by atoms with Crippen LogP contribution >= 0.6 is 11.6 Å². The number of carbonyl (C=O) groups is 2. The van der Waals surface area contributed by atoms with E-state index in [4.69, 9.17) is 16.7 Å². The Morgan fingerprint density at radius 1 is 1.33 bits per heavy atom. The van der Waals surface area contributed by atoms with E-state index >= 15 is 0 Å². The lowest BCUT2D eigenvalue weighted by atomic mass is 9.99. The Kier molecular flexibility index (Phi) is 3.86. The van der Waals surface area contributed by atoms with Gasteiger partial charge in [-0.25, -0.2) is 0 Å². The second-order valence-electron chi connectivity index (χ2n) is 3.25. The van der Waals surface area contributed by atoms with Gasteiger partial charge in [0.25, 0.3) is 0 Å². The van der Waals surface area contributed by atoms with Crippen LogP contribution in [0.4, 0.5) is 0 Å². The molecule has 0 spiro atoms. The lowest BCUT2D eigenvalue weighted by molar-refractivity contribution is -0.139. The molecular weight excluding hydrogens is 216 g/mol. The van der Waals surface area contributed by atoms with E-state index in [0.29, 0.717) is 11.4 Å². The van der Waals surface area contributed by atoms with Gasteiger partial charge in [0.05, 0.1) is 0 Å². The summed E-state index contributed by atoms with van der Waals surface area (Å²) in [6.07, 6.45) is 0. The fraction of sp³-hybridized carbons (Fsp3) is 0.273. The van der Waals surface area contributed by atoms with Gasteiger partial charge in [0.1, 0.15) is 5.92 Å². The van der Waals surface area contributed by atoms with E-state index in [9.17, 15) is 9.59 Å². The van der Waals surface area contributed by atoms with Crippen LogP contribution in [-0.2, 0) is 10.7 Å². The molecule has 1 rings (SSSR count). The number of ketones is 1. The number of carbonyl (C=O) groups excluding carboxylic acids is 1. The Labute approximate surface area is 92.7 Å². The molecule has 0 aliphatic rings. The maximum Gasteiger partial charge on any atom is 0.314 e. The van der Waals surface area contributed by atoms with E-state index in [2.05, 4.69) is 0 Å². The third-order valence-electron chi connectivity index (χ3n) is 2.16. The summed E-state index contributed by atoms with van der Waals surface area (Å²) >= 11 is 5.59. The Hall–Kier alpha value is -1.35. The molecule has 1 N–H and O–H groups in total. The number of aliphatic carboxylic acids is 1. The van der Waals surface area contributed by atoms with E-state index < -0.39 is 11.9 Å². The van der Waals surface area contributed by atoms with Crippen LogP contribution in [0.1, 0.15) is 22.8 Å². The zero-order valence-electron chi connectivity index (χ0n) is 8.24. The van der Waals surface area contributed by atoms with Crippen molar-refractivity contribution in [1.82, 2.24) is 0 Å². The van der Waals surface area contributed by atoms with Gasteiger partial charge in [-0.1, -0.05) is 24.3 Å². The fourth-order valence-electron chi connectivity index (χ4n) is 1.12. The maximum atomic E-state index is 11.6. The van der Waals surface area contributed by atoms with E-state index in [1.54, 1.807) is 24.3 Å². The van der Waals surface area contributed by atoms with Crippen LogP contribution in [-0.4, -0.2) is 16.9 Å². The number of carboxylic acid groups (broad SMARTS) is 1. The molecule has 0 saturated carbocycles. The minimum Gasteiger partial charge on any atom is -0.481 e. The average molecular weight is 227 g/mol. The minimum atomic E-state index is -1.11. The first-order valence-electron chi connectivity index (χ1n) is 4.48. The van der Waals surface area contributed by atoms with Crippen molar-refractivity contribution in [1.29, 1.82) is 0 Å². The highest BCUT2D eigenvalue weighted by Gasteiger charge is 2.21. The number of hydrogen-bond donors (Lipinski definition) is 1. The van der Waals surface area contributed by atoms with Crippen molar-refractivity contribution in [3.8, 4) is 0 Å². The van der Waals surface area contributed by atoms with Crippen LogP contribution in [0.2, 0.25) is 0 Å². The Bertz CT molecular complexity index is 370. The monoisotopic (exact) mass is 226 g/mol. The van der Waals surface area contributed by atoms with Gasteiger partial charge in [0.2, 0.25) is 0 Å². The van der Waals surface area contributed by atoms with Crippen LogP contribution in [0.15, 0.2) is 24.3 Å². The standard InChI is InChI=1S/C11H11ClO3/c1-7(11(14)15)10(13)9-4-2-8(6-12)3-5-9/h2-5,7H,6H2,1H3,(H,14,15). The molecule has 1 aromatic carbocycles. The van der Waals surface area contributed by atoms with Gasteiger partial charge >= 0.3 is 5.97 Å². The Morgan fingerprint density at radius 2 is 1.87 bits per heavy atom. The molecule has 0 fully saturated rings. The van der Waals surface area contributed by atoms with E-state index in [1.807, 2.05) is 0 Å². The second-order valence-corrected chi connectivity index (χ2v) is 3.52. The van der Waals surface area contributed by atoms with Gasteiger partial charge < -0.3 is 5.11 Å². The molecule has 0 heterocycles. The summed E-state index contributed by atoms with van der Waals surface area (Å²) in [5.41, 5.74) is 1.30. The zero-order chi connectivity index (χ0) is 11.4. The quantitative estimate of drug-likeness (QED) is 0.487. The van der Waals surface area contributed by atoms with Gasteiger partial charge in [-0.3, -0.25) is 9.59 Å². The van der Waals surface area contributed by atoms with Crippen molar-refractivity contribution in [2.75, 3.05) is 0 Å². The van der Waals surface area contributed by atoms with Crippen molar-refractivity contribution in [2.24, 2.45) is 5.92 Å². The number of benzene rings is 1.